The summed E-state index contributed by atoms with van der Waals surface area (Å²) in [6.07, 6.45) is 5.61. The Bertz CT molecular complexity index is 748. The molecule has 0 aliphatic heterocycles. The van der Waals surface area contributed by atoms with Crippen LogP contribution >= 0.6 is 0 Å². The Morgan fingerprint density at radius 3 is 2.82 bits per heavy atom. The van der Waals surface area contributed by atoms with Gasteiger partial charge >= 0.3 is 0 Å². The molecule has 0 bridgehead atoms. The maximum atomic E-state index is 9.35. The van der Waals surface area contributed by atoms with E-state index in [0.29, 0.717) is 23.5 Å². The molecule has 0 spiro atoms. The molecule has 0 atom stereocenters. The average Bonchev–Trinajstić information content (AvgIpc) is 3.09. The van der Waals surface area contributed by atoms with Crippen LogP contribution in [0.3, 0.4) is 0 Å². The summed E-state index contributed by atoms with van der Waals surface area (Å²) in [4.78, 5) is 12.5. The minimum Gasteiger partial charge on any atom is -0.472 e. The highest BCUT2D eigenvalue weighted by atomic mass is 16.5. The lowest BCUT2D eigenvalue weighted by atomic mass is 10.1. The molecule has 2 aromatic heterocycles. The minimum atomic E-state index is -0.530. The zero-order valence-electron chi connectivity index (χ0n) is 11.9. The number of hydrogen-bond acceptors (Lipinski definition) is 7. The van der Waals surface area contributed by atoms with Crippen LogP contribution in [-0.4, -0.2) is 49.6 Å². The van der Waals surface area contributed by atoms with Crippen LogP contribution in [0.1, 0.15) is 6.42 Å². The molecule has 116 valence electrons. The number of aromatic nitrogens is 4. The molecule has 3 rings (SSSR count). The van der Waals surface area contributed by atoms with Crippen molar-refractivity contribution >= 4 is 23.3 Å². The van der Waals surface area contributed by atoms with Crippen LogP contribution in [0.25, 0.3) is 17.4 Å². The maximum Gasteiger partial charge on any atom is 0.247 e. The molecule has 1 aliphatic rings. The van der Waals surface area contributed by atoms with Crippen LogP contribution in [0.4, 0.5) is 5.95 Å². The highest BCUT2D eigenvalue weighted by molar-refractivity contribution is 5.79. The van der Waals surface area contributed by atoms with E-state index < -0.39 is 5.41 Å². The number of rotatable bonds is 6. The predicted molar refractivity (Wildman–Crippen MR) is 80.9 cm³/mol. The number of aliphatic hydroxyl groups is 2. The first-order valence-corrected chi connectivity index (χ1v) is 6.80. The summed E-state index contributed by atoms with van der Waals surface area (Å²) in [5.41, 5.74) is 7.11. The Kier molecular flexibility index (Phi) is 3.55. The lowest BCUT2D eigenvalue weighted by Crippen LogP contribution is -2.12. The lowest BCUT2D eigenvalue weighted by Gasteiger charge is -2.06. The van der Waals surface area contributed by atoms with Gasteiger partial charge < -0.3 is 20.7 Å². The van der Waals surface area contributed by atoms with Crippen LogP contribution in [0.5, 0.6) is 5.88 Å². The number of nitrogens with zero attached hydrogens (tertiary/aromatic N) is 4. The van der Waals surface area contributed by atoms with Crippen molar-refractivity contribution in [1.29, 1.82) is 0 Å². The first-order valence-electron chi connectivity index (χ1n) is 6.80. The van der Waals surface area contributed by atoms with E-state index >= 15 is 0 Å². The number of hydrogen-bond donors (Lipinski definition) is 3. The minimum absolute atomic E-state index is 0.0816. The Balaban J connectivity index is 2.01. The summed E-state index contributed by atoms with van der Waals surface area (Å²) in [5.74, 6) is 0.379. The smallest absolute Gasteiger partial charge is 0.247 e. The van der Waals surface area contributed by atoms with E-state index in [1.54, 1.807) is 23.2 Å². The van der Waals surface area contributed by atoms with Crippen molar-refractivity contribution in [3.63, 3.8) is 0 Å². The Morgan fingerprint density at radius 2 is 2.18 bits per heavy atom. The third kappa shape index (κ3) is 2.32. The first-order chi connectivity index (χ1) is 10.6. The molecule has 0 saturated heterocycles. The molecule has 8 nitrogen and oxygen atoms in total. The van der Waals surface area contributed by atoms with E-state index in [9.17, 15) is 10.2 Å². The van der Waals surface area contributed by atoms with Crippen LogP contribution in [0.2, 0.25) is 0 Å². The Hall–Kier alpha value is -2.45. The number of anilines is 1. The SMILES string of the molecule is C=CCOc1nc(N)nc2c1ncn2/C=C1\CC1(CO)CO. The summed E-state index contributed by atoms with van der Waals surface area (Å²) < 4.78 is 7.13. The lowest BCUT2D eigenvalue weighted by molar-refractivity contribution is 0.143. The number of ether oxygens (including phenoxy) is 1. The predicted octanol–water partition coefficient (Wildman–Crippen LogP) is 0.189. The van der Waals surface area contributed by atoms with Crippen LogP contribution < -0.4 is 10.5 Å². The highest BCUT2D eigenvalue weighted by Crippen LogP contribution is 2.51. The van der Waals surface area contributed by atoms with Crippen molar-refractivity contribution in [2.24, 2.45) is 5.41 Å². The molecule has 0 aromatic carbocycles. The number of fused-ring (bicyclic) bond motifs is 1. The van der Waals surface area contributed by atoms with Crippen molar-refractivity contribution < 1.29 is 14.9 Å². The standard InChI is InChI=1S/C14H17N5O3/c1-2-3-22-12-10-11(17-13(15)18-12)19(8-16-10)5-9-4-14(9,6-20)7-21/h2,5,8,20-21H,1,3-4,6-7H2,(H2,15,17,18)/b9-5+. The molecule has 1 aliphatic carbocycles. The van der Waals surface area contributed by atoms with E-state index in [2.05, 4.69) is 21.5 Å². The van der Waals surface area contributed by atoms with Gasteiger partial charge in [-0.05, 0) is 12.0 Å². The summed E-state index contributed by atoms with van der Waals surface area (Å²) in [6.45, 7) is 3.69. The van der Waals surface area contributed by atoms with Gasteiger partial charge in [-0.2, -0.15) is 9.97 Å². The van der Waals surface area contributed by atoms with E-state index in [0.717, 1.165) is 5.57 Å². The average molecular weight is 303 g/mol. The van der Waals surface area contributed by atoms with Crippen molar-refractivity contribution in [3.8, 4) is 5.88 Å². The van der Waals surface area contributed by atoms with Gasteiger partial charge in [0.05, 0.1) is 13.2 Å². The molecule has 2 heterocycles. The van der Waals surface area contributed by atoms with Gasteiger partial charge in [-0.1, -0.05) is 12.7 Å². The fraction of sp³-hybridized carbons (Fsp3) is 0.357. The molecule has 4 N–H and O–H groups in total. The zero-order chi connectivity index (χ0) is 15.7. The van der Waals surface area contributed by atoms with Crippen molar-refractivity contribution in [3.05, 3.63) is 24.6 Å². The Labute approximate surface area is 126 Å². The summed E-state index contributed by atoms with van der Waals surface area (Å²) in [7, 11) is 0. The quantitative estimate of drug-likeness (QED) is 0.651. The summed E-state index contributed by atoms with van der Waals surface area (Å²) >= 11 is 0. The van der Waals surface area contributed by atoms with E-state index in [4.69, 9.17) is 10.5 Å². The van der Waals surface area contributed by atoms with Gasteiger partial charge in [0.2, 0.25) is 11.8 Å². The van der Waals surface area contributed by atoms with Gasteiger partial charge in [-0.3, -0.25) is 4.57 Å². The van der Waals surface area contributed by atoms with Crippen molar-refractivity contribution in [1.82, 2.24) is 19.5 Å². The van der Waals surface area contributed by atoms with Crippen molar-refractivity contribution in [2.45, 2.75) is 6.42 Å². The number of nitrogen functional groups attached to an aromatic ring is 1. The van der Waals surface area contributed by atoms with Gasteiger partial charge in [-0.15, -0.1) is 0 Å². The number of nitrogens with two attached hydrogens (primary N) is 1. The van der Waals surface area contributed by atoms with Crippen LogP contribution in [-0.2, 0) is 0 Å². The van der Waals surface area contributed by atoms with E-state index in [1.807, 2.05) is 0 Å². The van der Waals surface area contributed by atoms with Gasteiger partial charge in [0, 0.05) is 11.6 Å². The molecule has 0 unspecified atom stereocenters. The van der Waals surface area contributed by atoms with E-state index in [-0.39, 0.29) is 25.8 Å². The van der Waals surface area contributed by atoms with Gasteiger partial charge in [-0.25, -0.2) is 4.98 Å². The fourth-order valence-electron chi connectivity index (χ4n) is 2.28. The van der Waals surface area contributed by atoms with E-state index in [1.165, 1.54) is 0 Å². The fourth-order valence-corrected chi connectivity index (χ4v) is 2.28. The van der Waals surface area contributed by atoms with Crippen molar-refractivity contribution in [2.75, 3.05) is 25.6 Å². The second-order valence-corrected chi connectivity index (χ2v) is 5.24. The third-order valence-electron chi connectivity index (χ3n) is 3.73. The van der Waals surface area contributed by atoms with Crippen LogP contribution in [0.15, 0.2) is 24.6 Å². The molecule has 0 radical (unpaired) electrons. The largest absolute Gasteiger partial charge is 0.472 e. The van der Waals surface area contributed by atoms with Gasteiger partial charge in [0.25, 0.3) is 0 Å². The summed E-state index contributed by atoms with van der Waals surface area (Å²) in [6, 6.07) is 0. The van der Waals surface area contributed by atoms with Gasteiger partial charge in [0.1, 0.15) is 12.9 Å². The third-order valence-corrected chi connectivity index (χ3v) is 3.73. The normalized spacial score (nSPS) is 17.8. The zero-order valence-corrected chi connectivity index (χ0v) is 11.9. The molecular formula is C14H17N5O3. The monoisotopic (exact) mass is 303 g/mol. The molecular weight excluding hydrogens is 286 g/mol. The molecule has 22 heavy (non-hydrogen) atoms. The highest BCUT2D eigenvalue weighted by Gasteiger charge is 2.48. The molecule has 8 heteroatoms. The molecule has 1 saturated carbocycles. The summed E-state index contributed by atoms with van der Waals surface area (Å²) in [5, 5.41) is 18.7. The first kappa shape index (κ1) is 14.5. The second kappa shape index (κ2) is 5.39. The molecule has 0 amide bonds. The molecule has 1 fully saturated rings. The van der Waals surface area contributed by atoms with Crippen LogP contribution in [0, 0.1) is 5.41 Å². The second-order valence-electron chi connectivity index (χ2n) is 5.24. The molecule has 2 aromatic rings. The van der Waals surface area contributed by atoms with Gasteiger partial charge in [0.15, 0.2) is 11.2 Å². The number of imidazole rings is 1. The maximum absolute atomic E-state index is 9.35. The topological polar surface area (TPSA) is 119 Å². The Morgan fingerprint density at radius 1 is 1.41 bits per heavy atom. The number of aliphatic hydroxyl groups excluding tert-OH is 2.